The Hall–Kier alpha value is -1.58. The zero-order chi connectivity index (χ0) is 19.6. The van der Waals surface area contributed by atoms with Crippen LogP contribution in [0.3, 0.4) is 0 Å². The lowest BCUT2D eigenvalue weighted by atomic mass is 10.1. The van der Waals surface area contributed by atoms with Crippen LogP contribution in [0.2, 0.25) is 4.34 Å². The van der Waals surface area contributed by atoms with Crippen LogP contribution in [0, 0.1) is 9.49 Å². The normalized spacial score (nSPS) is 11.6. The van der Waals surface area contributed by atoms with Crippen molar-refractivity contribution >= 4 is 62.6 Å². The van der Waals surface area contributed by atoms with Crippen LogP contribution in [-0.4, -0.2) is 23.1 Å². The number of benzene rings is 1. The molecular formula is C19H18ClIN2O3S. The molecule has 0 N–H and O–H groups in total. The molecule has 0 fully saturated rings. The second kappa shape index (κ2) is 8.62. The van der Waals surface area contributed by atoms with Crippen molar-refractivity contribution in [2.45, 2.75) is 13.8 Å². The second-order valence-corrected chi connectivity index (χ2v) is 8.94. The van der Waals surface area contributed by atoms with Gasteiger partial charge >= 0.3 is 0 Å². The number of para-hydroxylation sites is 1. The summed E-state index contributed by atoms with van der Waals surface area (Å²) in [4.78, 5) is 17.6. The first kappa shape index (κ1) is 20.2. The molecule has 0 amide bonds. The fourth-order valence-electron chi connectivity index (χ4n) is 2.42. The topological polar surface area (TPSA) is 52.8 Å². The predicted molar refractivity (Wildman–Crippen MR) is 119 cm³/mol. The van der Waals surface area contributed by atoms with E-state index in [0.717, 1.165) is 5.56 Å². The molecular weight excluding hydrogens is 499 g/mol. The number of methoxy groups -OCH3 is 1. The molecule has 0 atom stereocenters. The molecule has 0 radical (unpaired) electrons. The summed E-state index contributed by atoms with van der Waals surface area (Å²) >= 11 is 9.29. The summed E-state index contributed by atoms with van der Waals surface area (Å²) in [7, 11) is 1.62. The number of thiazole rings is 1. The number of hydrogen-bond donors (Lipinski definition) is 0. The molecule has 5 nitrogen and oxygen atoms in total. The van der Waals surface area contributed by atoms with Gasteiger partial charge in [-0.15, -0.1) is 0 Å². The molecule has 3 aromatic rings. The first-order valence-electron chi connectivity index (χ1n) is 8.25. The van der Waals surface area contributed by atoms with Crippen LogP contribution in [0.25, 0.3) is 17.1 Å². The minimum atomic E-state index is -0.134. The molecule has 0 aliphatic carbocycles. The molecule has 0 saturated heterocycles. The Morgan fingerprint density at radius 1 is 1.37 bits per heavy atom. The number of ether oxygens (including phenoxy) is 2. The molecule has 1 aromatic carbocycles. The van der Waals surface area contributed by atoms with Crippen LogP contribution in [0.4, 0.5) is 0 Å². The van der Waals surface area contributed by atoms with Gasteiger partial charge in [0.2, 0.25) is 0 Å². The lowest BCUT2D eigenvalue weighted by Crippen LogP contribution is -2.17. The summed E-state index contributed by atoms with van der Waals surface area (Å²) < 4.78 is 13.9. The van der Waals surface area contributed by atoms with Gasteiger partial charge in [0.15, 0.2) is 16.5 Å². The molecule has 3 rings (SSSR count). The summed E-state index contributed by atoms with van der Waals surface area (Å²) in [5, 5.41) is 0. The number of hydrogen-bond acceptors (Lipinski definition) is 5. The molecule has 0 spiro atoms. The molecule has 0 aliphatic heterocycles. The van der Waals surface area contributed by atoms with Crippen LogP contribution in [-0.2, 0) is 0 Å². The van der Waals surface area contributed by atoms with E-state index in [1.165, 1.54) is 15.7 Å². The van der Waals surface area contributed by atoms with Gasteiger partial charge < -0.3 is 9.47 Å². The maximum Gasteiger partial charge on any atom is 0.272 e. The van der Waals surface area contributed by atoms with Gasteiger partial charge in [-0.1, -0.05) is 48.9 Å². The van der Waals surface area contributed by atoms with E-state index < -0.39 is 0 Å². The van der Waals surface area contributed by atoms with Crippen LogP contribution >= 0.6 is 45.5 Å². The quantitative estimate of drug-likeness (QED) is 0.421. The average Bonchev–Trinajstić information content (AvgIpc) is 3.02. The van der Waals surface area contributed by atoms with E-state index in [2.05, 4.69) is 18.8 Å². The molecule has 0 aliphatic rings. The van der Waals surface area contributed by atoms with Gasteiger partial charge in [-0.25, -0.2) is 4.98 Å². The van der Waals surface area contributed by atoms with Gasteiger partial charge in [0, 0.05) is 11.8 Å². The third-order valence-corrected chi connectivity index (χ3v) is 5.80. The predicted octanol–water partition coefficient (Wildman–Crippen LogP) is 5.23. The van der Waals surface area contributed by atoms with Gasteiger partial charge in [-0.2, -0.15) is 0 Å². The lowest BCUT2D eigenvalue weighted by molar-refractivity contribution is 0.256. The molecule has 27 heavy (non-hydrogen) atoms. The van der Waals surface area contributed by atoms with E-state index >= 15 is 0 Å². The van der Waals surface area contributed by atoms with Crippen molar-refractivity contribution in [3.05, 3.63) is 53.9 Å². The lowest BCUT2D eigenvalue weighted by Gasteiger charge is -2.14. The van der Waals surface area contributed by atoms with Crippen LogP contribution in [0.5, 0.6) is 11.5 Å². The summed E-state index contributed by atoms with van der Waals surface area (Å²) in [5.74, 6) is 1.73. The minimum absolute atomic E-state index is 0.134. The molecule has 0 saturated carbocycles. The van der Waals surface area contributed by atoms with E-state index in [9.17, 15) is 4.79 Å². The van der Waals surface area contributed by atoms with E-state index in [1.807, 2.05) is 52.9 Å². The number of rotatable bonds is 6. The minimum Gasteiger partial charge on any atom is -0.493 e. The second-order valence-electron chi connectivity index (χ2n) is 6.22. The Bertz CT molecular complexity index is 1060. The average molecular weight is 517 g/mol. The highest BCUT2D eigenvalue weighted by Gasteiger charge is 2.13. The number of nitrogens with zero attached hydrogens (tertiary/aromatic N) is 2. The highest BCUT2D eigenvalue weighted by atomic mass is 127. The Morgan fingerprint density at radius 3 is 2.85 bits per heavy atom. The Morgan fingerprint density at radius 2 is 2.15 bits per heavy atom. The Labute approximate surface area is 179 Å². The third-order valence-electron chi connectivity index (χ3n) is 3.68. The van der Waals surface area contributed by atoms with Crippen molar-refractivity contribution in [2.75, 3.05) is 13.7 Å². The Kier molecular flexibility index (Phi) is 6.44. The molecule has 2 heterocycles. The van der Waals surface area contributed by atoms with Gasteiger partial charge in [0.1, 0.15) is 7.91 Å². The van der Waals surface area contributed by atoms with Gasteiger partial charge in [-0.05, 0) is 46.7 Å². The fraction of sp³-hybridized carbons (Fsp3) is 0.263. The Balaban J connectivity index is 2.02. The fourth-order valence-corrected chi connectivity index (χ4v) is 3.99. The van der Waals surface area contributed by atoms with Gasteiger partial charge in [0.25, 0.3) is 5.56 Å². The number of aromatic nitrogens is 2. The molecule has 142 valence electrons. The zero-order valence-electron chi connectivity index (χ0n) is 15.0. The summed E-state index contributed by atoms with van der Waals surface area (Å²) in [6, 6.07) is 5.70. The third kappa shape index (κ3) is 4.47. The van der Waals surface area contributed by atoms with Crippen LogP contribution in [0.1, 0.15) is 25.1 Å². The van der Waals surface area contributed by atoms with Gasteiger partial charge in [-0.3, -0.25) is 9.20 Å². The molecule has 0 unspecified atom stereocenters. The molecule has 0 bridgehead atoms. The summed E-state index contributed by atoms with van der Waals surface area (Å²) in [6.45, 7) is 4.76. The SMILES string of the molecule is COc1cccc(C=Cc2nc3sc(Cl)cn3c(=O)c2I)c1OCC(C)C. The monoisotopic (exact) mass is 516 g/mol. The molecule has 2 aromatic heterocycles. The van der Waals surface area contributed by atoms with Crippen LogP contribution in [0.15, 0.2) is 29.2 Å². The first-order chi connectivity index (χ1) is 12.9. The van der Waals surface area contributed by atoms with Crippen molar-refractivity contribution < 1.29 is 9.47 Å². The maximum atomic E-state index is 12.5. The summed E-state index contributed by atoms with van der Waals surface area (Å²) in [6.07, 6.45) is 5.29. The zero-order valence-corrected chi connectivity index (χ0v) is 18.8. The highest BCUT2D eigenvalue weighted by molar-refractivity contribution is 14.1. The number of fused-ring (bicyclic) bond motifs is 1. The van der Waals surface area contributed by atoms with Crippen molar-refractivity contribution in [1.29, 1.82) is 0 Å². The van der Waals surface area contributed by atoms with Crippen molar-refractivity contribution in [3.63, 3.8) is 0 Å². The van der Waals surface area contributed by atoms with Crippen molar-refractivity contribution in [2.24, 2.45) is 5.92 Å². The van der Waals surface area contributed by atoms with E-state index in [-0.39, 0.29) is 5.56 Å². The smallest absolute Gasteiger partial charge is 0.272 e. The maximum absolute atomic E-state index is 12.5. The van der Waals surface area contributed by atoms with Crippen LogP contribution < -0.4 is 15.0 Å². The van der Waals surface area contributed by atoms with Gasteiger partial charge in [0.05, 0.1) is 19.4 Å². The standard InChI is InChI=1S/C19H18ClIN2O3S/c1-11(2)10-26-17-12(5-4-6-14(17)25-3)7-8-13-16(21)18(24)23-9-15(20)27-19(23)22-13/h4-9,11H,10H2,1-3H3. The van der Waals surface area contributed by atoms with E-state index in [0.29, 0.717) is 42.6 Å². The molecule has 8 heteroatoms. The van der Waals surface area contributed by atoms with Crippen molar-refractivity contribution in [3.8, 4) is 11.5 Å². The number of halogens is 2. The van der Waals surface area contributed by atoms with E-state index in [1.54, 1.807) is 13.3 Å². The highest BCUT2D eigenvalue weighted by Crippen LogP contribution is 2.33. The first-order valence-corrected chi connectivity index (χ1v) is 10.5. The van der Waals surface area contributed by atoms with E-state index in [4.69, 9.17) is 21.1 Å². The van der Waals surface area contributed by atoms with Crippen molar-refractivity contribution in [1.82, 2.24) is 9.38 Å². The summed E-state index contributed by atoms with van der Waals surface area (Å²) in [5.41, 5.74) is 1.32. The largest absolute Gasteiger partial charge is 0.493 e.